The monoisotopic (exact) mass is 131 g/mol. The van der Waals surface area contributed by atoms with Gasteiger partial charge in [0.2, 0.25) is 6.17 Å². The van der Waals surface area contributed by atoms with E-state index < -0.39 is 19.0 Å². The molecule has 0 aliphatic heterocycles. The van der Waals surface area contributed by atoms with Gasteiger partial charge in [0.15, 0.2) is 0 Å². The standard InChI is InChI=1S/C3H3F4O/c4-2(1-8)3(5,6)7/h2H,1H2. The van der Waals surface area contributed by atoms with Gasteiger partial charge in [-0.25, -0.2) is 9.50 Å². The van der Waals surface area contributed by atoms with Crippen molar-refractivity contribution in [3.63, 3.8) is 0 Å². The Balaban J connectivity index is 3.62. The second-order valence-corrected chi connectivity index (χ2v) is 1.18. The van der Waals surface area contributed by atoms with Crippen LogP contribution in [0.15, 0.2) is 0 Å². The summed E-state index contributed by atoms with van der Waals surface area (Å²) in [6.45, 7) is -1.75. The Morgan fingerprint density at radius 2 is 1.75 bits per heavy atom. The Hall–Kier alpha value is -0.320. The summed E-state index contributed by atoms with van der Waals surface area (Å²) in [6, 6.07) is 0. The molecule has 0 saturated carbocycles. The van der Waals surface area contributed by atoms with E-state index in [1.54, 1.807) is 0 Å². The molecule has 0 aliphatic rings. The quantitative estimate of drug-likeness (QED) is 0.478. The first-order chi connectivity index (χ1) is 3.48. The lowest BCUT2D eigenvalue weighted by Gasteiger charge is -2.06. The van der Waals surface area contributed by atoms with Gasteiger partial charge in [0.1, 0.15) is 6.61 Å². The third kappa shape index (κ3) is 2.11. The summed E-state index contributed by atoms with van der Waals surface area (Å²) < 4.78 is 43.8. The Kier molecular flexibility index (Phi) is 2.21. The van der Waals surface area contributed by atoms with E-state index in [2.05, 4.69) is 0 Å². The first-order valence-corrected chi connectivity index (χ1v) is 1.77. The Morgan fingerprint density at radius 1 is 1.38 bits per heavy atom. The molecule has 0 saturated heterocycles. The third-order valence-electron chi connectivity index (χ3n) is 0.502. The number of hydrogen-bond acceptors (Lipinski definition) is 0. The van der Waals surface area contributed by atoms with Crippen molar-refractivity contribution >= 4 is 0 Å². The van der Waals surface area contributed by atoms with Crippen molar-refractivity contribution in [3.8, 4) is 0 Å². The lowest BCUT2D eigenvalue weighted by atomic mass is 10.4. The zero-order valence-electron chi connectivity index (χ0n) is 3.70. The molecule has 8 heavy (non-hydrogen) atoms. The molecule has 0 aliphatic carbocycles. The van der Waals surface area contributed by atoms with Gasteiger partial charge in [-0.3, -0.25) is 0 Å². The van der Waals surface area contributed by atoms with Crippen LogP contribution in [0.3, 0.4) is 0 Å². The molecule has 0 aromatic rings. The lowest BCUT2D eigenvalue weighted by Crippen LogP contribution is -2.26. The molecule has 0 aromatic heterocycles. The van der Waals surface area contributed by atoms with Crippen LogP contribution in [0.2, 0.25) is 0 Å². The SMILES string of the molecule is [O]CC(F)C(F)(F)F. The Labute approximate surface area is 42.9 Å². The summed E-state index contributed by atoms with van der Waals surface area (Å²) in [5.74, 6) is 0. The van der Waals surface area contributed by atoms with Crippen LogP contribution in [0, 0.1) is 0 Å². The van der Waals surface area contributed by atoms with Crippen molar-refractivity contribution in [3.05, 3.63) is 0 Å². The van der Waals surface area contributed by atoms with Crippen LogP contribution in [0.4, 0.5) is 17.6 Å². The predicted octanol–water partition coefficient (Wildman–Crippen LogP) is 1.32. The molecular weight excluding hydrogens is 128 g/mol. The maximum atomic E-state index is 11.2. The molecule has 0 N–H and O–H groups in total. The first-order valence-electron chi connectivity index (χ1n) is 1.77. The van der Waals surface area contributed by atoms with Crippen molar-refractivity contribution in [2.75, 3.05) is 6.61 Å². The number of hydrogen-bond donors (Lipinski definition) is 0. The molecule has 1 nitrogen and oxygen atoms in total. The molecule has 0 heterocycles. The topological polar surface area (TPSA) is 19.9 Å². The molecule has 0 bridgehead atoms. The number of halogens is 4. The molecule has 0 rings (SSSR count). The number of alkyl halides is 4. The van der Waals surface area contributed by atoms with Crippen molar-refractivity contribution < 1.29 is 22.7 Å². The van der Waals surface area contributed by atoms with Crippen LogP contribution in [-0.4, -0.2) is 19.0 Å². The fourth-order valence-electron chi connectivity index (χ4n) is 0.0945. The summed E-state index contributed by atoms with van der Waals surface area (Å²) in [5, 5.41) is 9.18. The van der Waals surface area contributed by atoms with E-state index in [-0.39, 0.29) is 0 Å². The van der Waals surface area contributed by atoms with Gasteiger partial charge in [0.05, 0.1) is 0 Å². The third-order valence-corrected chi connectivity index (χ3v) is 0.502. The van der Waals surface area contributed by atoms with Gasteiger partial charge in [-0.2, -0.15) is 13.2 Å². The highest BCUT2D eigenvalue weighted by Gasteiger charge is 2.39. The van der Waals surface area contributed by atoms with Crippen LogP contribution in [0.25, 0.3) is 0 Å². The van der Waals surface area contributed by atoms with Gasteiger partial charge in [-0.1, -0.05) is 0 Å². The van der Waals surface area contributed by atoms with Crippen molar-refractivity contribution in [1.29, 1.82) is 0 Å². The molecule has 1 atom stereocenters. The van der Waals surface area contributed by atoms with Crippen LogP contribution in [0.1, 0.15) is 0 Å². The summed E-state index contributed by atoms with van der Waals surface area (Å²) in [5.41, 5.74) is 0. The summed E-state index contributed by atoms with van der Waals surface area (Å²) in [6.07, 6.45) is -8.18. The second-order valence-electron chi connectivity index (χ2n) is 1.18. The van der Waals surface area contributed by atoms with Crippen molar-refractivity contribution in [1.82, 2.24) is 0 Å². The van der Waals surface area contributed by atoms with Gasteiger partial charge in [-0.15, -0.1) is 0 Å². The molecule has 5 heteroatoms. The molecule has 0 spiro atoms. The lowest BCUT2D eigenvalue weighted by molar-refractivity contribution is -0.193. The average Bonchev–Trinajstić information content (AvgIpc) is 1.62. The minimum Gasteiger partial charge on any atom is -0.235 e. The van der Waals surface area contributed by atoms with E-state index in [0.717, 1.165) is 0 Å². The normalized spacial score (nSPS) is 16.1. The minimum atomic E-state index is -4.97. The Morgan fingerprint density at radius 3 is 1.75 bits per heavy atom. The van der Waals surface area contributed by atoms with Crippen LogP contribution < -0.4 is 0 Å². The highest BCUT2D eigenvalue weighted by molar-refractivity contribution is 4.62. The van der Waals surface area contributed by atoms with Crippen LogP contribution in [-0.2, 0) is 5.11 Å². The smallest absolute Gasteiger partial charge is 0.235 e. The van der Waals surface area contributed by atoms with E-state index in [1.807, 2.05) is 0 Å². The van der Waals surface area contributed by atoms with E-state index >= 15 is 0 Å². The minimum absolute atomic E-state index is 1.75. The molecule has 0 fully saturated rings. The second kappa shape index (κ2) is 2.30. The summed E-state index contributed by atoms with van der Waals surface area (Å²) >= 11 is 0. The first kappa shape index (κ1) is 7.68. The van der Waals surface area contributed by atoms with E-state index in [0.29, 0.717) is 0 Å². The fourth-order valence-corrected chi connectivity index (χ4v) is 0.0945. The molecule has 0 amide bonds. The summed E-state index contributed by atoms with van der Waals surface area (Å²) in [4.78, 5) is 0. The predicted molar refractivity (Wildman–Crippen MR) is 16.5 cm³/mol. The molecule has 1 radical (unpaired) electrons. The zero-order chi connectivity index (χ0) is 6.78. The maximum Gasteiger partial charge on any atom is 0.422 e. The van der Waals surface area contributed by atoms with Gasteiger partial charge in [0.25, 0.3) is 0 Å². The Bertz CT molecular complexity index is 68.2. The average molecular weight is 131 g/mol. The van der Waals surface area contributed by atoms with E-state index in [1.165, 1.54) is 0 Å². The van der Waals surface area contributed by atoms with Gasteiger partial charge in [-0.05, 0) is 0 Å². The zero-order valence-corrected chi connectivity index (χ0v) is 3.70. The molecule has 49 valence electrons. The van der Waals surface area contributed by atoms with Crippen LogP contribution in [0.5, 0.6) is 0 Å². The number of rotatable bonds is 1. The van der Waals surface area contributed by atoms with E-state index in [9.17, 15) is 22.7 Å². The van der Waals surface area contributed by atoms with Gasteiger partial charge < -0.3 is 0 Å². The van der Waals surface area contributed by atoms with E-state index in [4.69, 9.17) is 0 Å². The van der Waals surface area contributed by atoms with Gasteiger partial charge >= 0.3 is 6.18 Å². The highest BCUT2D eigenvalue weighted by Crippen LogP contribution is 2.21. The molecule has 0 aromatic carbocycles. The largest absolute Gasteiger partial charge is 0.422 e. The fraction of sp³-hybridized carbons (Fsp3) is 1.00. The van der Waals surface area contributed by atoms with Crippen molar-refractivity contribution in [2.45, 2.75) is 12.3 Å². The maximum absolute atomic E-state index is 11.2. The van der Waals surface area contributed by atoms with Crippen LogP contribution >= 0.6 is 0 Å². The molecule has 1 unspecified atom stereocenters. The summed E-state index contributed by atoms with van der Waals surface area (Å²) in [7, 11) is 0. The highest BCUT2D eigenvalue weighted by atomic mass is 19.4. The molecular formula is C3H3F4O. The van der Waals surface area contributed by atoms with Gasteiger partial charge in [0, 0.05) is 0 Å². The van der Waals surface area contributed by atoms with Crippen molar-refractivity contribution in [2.24, 2.45) is 0 Å².